The third kappa shape index (κ3) is 3.09. The first-order valence-electron chi connectivity index (χ1n) is 7.19. The van der Waals surface area contributed by atoms with E-state index in [9.17, 15) is 0 Å². The SMILES string of the molecule is CCCNCc1c(C)nn(C)c1N(C)C1CCOC1. The molecule has 2 rings (SSSR count). The van der Waals surface area contributed by atoms with Crippen LogP contribution in [0, 0.1) is 6.92 Å². The van der Waals surface area contributed by atoms with Gasteiger partial charge in [0.25, 0.3) is 0 Å². The molecule has 1 saturated heterocycles. The number of nitrogens with one attached hydrogen (secondary N) is 1. The van der Waals surface area contributed by atoms with Crippen molar-refractivity contribution in [2.45, 2.75) is 39.3 Å². The number of aromatic nitrogens is 2. The molecule has 0 radical (unpaired) electrons. The summed E-state index contributed by atoms with van der Waals surface area (Å²) in [5.41, 5.74) is 2.43. The van der Waals surface area contributed by atoms with Gasteiger partial charge in [-0.25, -0.2) is 0 Å². The van der Waals surface area contributed by atoms with Crippen LogP contribution in [0.4, 0.5) is 5.82 Å². The molecule has 1 aliphatic heterocycles. The highest BCUT2D eigenvalue weighted by Gasteiger charge is 2.25. The molecule has 1 aromatic rings. The summed E-state index contributed by atoms with van der Waals surface area (Å²) in [5, 5.41) is 8.06. The van der Waals surface area contributed by atoms with Crippen LogP contribution in [0.2, 0.25) is 0 Å². The van der Waals surface area contributed by atoms with Gasteiger partial charge in [0.05, 0.1) is 18.3 Å². The number of rotatable bonds is 6. The highest BCUT2D eigenvalue weighted by Crippen LogP contribution is 2.26. The van der Waals surface area contributed by atoms with Crippen LogP contribution < -0.4 is 10.2 Å². The van der Waals surface area contributed by atoms with Crippen molar-refractivity contribution >= 4 is 5.82 Å². The zero-order valence-corrected chi connectivity index (χ0v) is 12.6. The van der Waals surface area contributed by atoms with E-state index in [-0.39, 0.29) is 0 Å². The number of ether oxygens (including phenoxy) is 1. The zero-order chi connectivity index (χ0) is 13.8. The molecule has 5 nitrogen and oxygen atoms in total. The molecule has 5 heteroatoms. The van der Waals surface area contributed by atoms with E-state index in [0.717, 1.165) is 44.8 Å². The Morgan fingerprint density at radius 2 is 2.32 bits per heavy atom. The first kappa shape index (κ1) is 14.3. The molecule has 19 heavy (non-hydrogen) atoms. The van der Waals surface area contributed by atoms with Gasteiger partial charge in [0.2, 0.25) is 0 Å². The first-order chi connectivity index (χ1) is 9.15. The van der Waals surface area contributed by atoms with Crippen molar-refractivity contribution in [3.63, 3.8) is 0 Å². The monoisotopic (exact) mass is 266 g/mol. The molecule has 0 amide bonds. The van der Waals surface area contributed by atoms with Crippen LogP contribution >= 0.6 is 0 Å². The smallest absolute Gasteiger partial charge is 0.131 e. The van der Waals surface area contributed by atoms with E-state index in [2.05, 4.69) is 36.2 Å². The van der Waals surface area contributed by atoms with Crippen LogP contribution in [0.1, 0.15) is 31.0 Å². The molecule has 2 heterocycles. The second-order valence-electron chi connectivity index (χ2n) is 5.32. The molecular formula is C14H26N4O. The minimum Gasteiger partial charge on any atom is -0.379 e. The predicted molar refractivity (Wildman–Crippen MR) is 77.6 cm³/mol. The minimum absolute atomic E-state index is 0.472. The second kappa shape index (κ2) is 6.39. The second-order valence-corrected chi connectivity index (χ2v) is 5.32. The molecule has 1 aliphatic rings. The van der Waals surface area contributed by atoms with Crippen LogP contribution in [-0.2, 0) is 18.3 Å². The van der Waals surface area contributed by atoms with Crippen LogP contribution in [-0.4, -0.2) is 42.6 Å². The number of nitrogens with zero attached hydrogens (tertiary/aromatic N) is 3. The van der Waals surface area contributed by atoms with E-state index in [0.29, 0.717) is 6.04 Å². The maximum Gasteiger partial charge on any atom is 0.131 e. The van der Waals surface area contributed by atoms with E-state index in [4.69, 9.17) is 4.74 Å². The predicted octanol–water partition coefficient (Wildman–Crippen LogP) is 1.45. The number of aryl methyl sites for hydroxylation is 2. The maximum atomic E-state index is 5.50. The fraction of sp³-hybridized carbons (Fsp3) is 0.786. The van der Waals surface area contributed by atoms with Crippen molar-refractivity contribution in [3.05, 3.63) is 11.3 Å². The lowest BCUT2D eigenvalue weighted by molar-refractivity contribution is 0.193. The summed E-state index contributed by atoms with van der Waals surface area (Å²) in [6, 6.07) is 0.472. The number of hydrogen-bond donors (Lipinski definition) is 1. The topological polar surface area (TPSA) is 42.3 Å². The van der Waals surface area contributed by atoms with Gasteiger partial charge in [-0.1, -0.05) is 6.92 Å². The Morgan fingerprint density at radius 3 is 2.95 bits per heavy atom. The lowest BCUT2D eigenvalue weighted by Gasteiger charge is -2.26. The highest BCUT2D eigenvalue weighted by molar-refractivity contribution is 5.50. The molecular weight excluding hydrogens is 240 g/mol. The van der Waals surface area contributed by atoms with Gasteiger partial charge in [0.1, 0.15) is 5.82 Å². The Balaban J connectivity index is 2.17. The fourth-order valence-electron chi connectivity index (χ4n) is 2.73. The van der Waals surface area contributed by atoms with Crippen molar-refractivity contribution in [2.24, 2.45) is 7.05 Å². The minimum atomic E-state index is 0.472. The summed E-state index contributed by atoms with van der Waals surface area (Å²) in [5.74, 6) is 1.22. The van der Waals surface area contributed by atoms with Crippen LogP contribution in [0.5, 0.6) is 0 Å². The van der Waals surface area contributed by atoms with Gasteiger partial charge in [0.15, 0.2) is 0 Å². The average molecular weight is 266 g/mol. The van der Waals surface area contributed by atoms with Crippen molar-refractivity contribution < 1.29 is 4.74 Å². The van der Waals surface area contributed by atoms with Crippen LogP contribution in [0.3, 0.4) is 0 Å². The Morgan fingerprint density at radius 1 is 1.53 bits per heavy atom. The summed E-state index contributed by atoms with van der Waals surface area (Å²) in [6.45, 7) is 7.90. The zero-order valence-electron chi connectivity index (χ0n) is 12.6. The molecule has 1 fully saturated rings. The van der Waals surface area contributed by atoms with E-state index in [1.807, 2.05) is 11.7 Å². The Kier molecular flexibility index (Phi) is 4.82. The Hall–Kier alpha value is -1.07. The summed E-state index contributed by atoms with van der Waals surface area (Å²) in [4.78, 5) is 2.33. The van der Waals surface area contributed by atoms with E-state index in [1.54, 1.807) is 0 Å². The molecule has 0 saturated carbocycles. The third-order valence-electron chi connectivity index (χ3n) is 3.83. The largest absolute Gasteiger partial charge is 0.379 e. The highest BCUT2D eigenvalue weighted by atomic mass is 16.5. The normalized spacial score (nSPS) is 19.1. The van der Waals surface area contributed by atoms with Gasteiger partial charge in [0, 0.05) is 32.8 Å². The fourth-order valence-corrected chi connectivity index (χ4v) is 2.73. The third-order valence-corrected chi connectivity index (χ3v) is 3.83. The van der Waals surface area contributed by atoms with Crippen LogP contribution in [0.15, 0.2) is 0 Å². The van der Waals surface area contributed by atoms with Crippen LogP contribution in [0.25, 0.3) is 0 Å². The van der Waals surface area contributed by atoms with Gasteiger partial charge in [-0.05, 0) is 26.3 Å². The summed E-state index contributed by atoms with van der Waals surface area (Å²) >= 11 is 0. The van der Waals surface area contributed by atoms with Gasteiger partial charge in [-0.15, -0.1) is 0 Å². The molecule has 108 valence electrons. The molecule has 0 bridgehead atoms. The quantitative estimate of drug-likeness (QED) is 0.792. The number of likely N-dealkylation sites (N-methyl/N-ethyl adjacent to an activating group) is 1. The molecule has 1 N–H and O–H groups in total. The lowest BCUT2D eigenvalue weighted by atomic mass is 10.2. The Bertz CT molecular complexity index is 410. The first-order valence-corrected chi connectivity index (χ1v) is 7.19. The van der Waals surface area contributed by atoms with Crippen molar-refractivity contribution in [2.75, 3.05) is 31.7 Å². The van der Waals surface area contributed by atoms with Gasteiger partial charge in [-0.2, -0.15) is 5.10 Å². The van der Waals surface area contributed by atoms with Gasteiger partial charge >= 0.3 is 0 Å². The molecule has 0 spiro atoms. The standard InChI is InChI=1S/C14H26N4O/c1-5-7-15-9-13-11(2)16-18(4)14(13)17(3)12-6-8-19-10-12/h12,15H,5-10H2,1-4H3. The van der Waals surface area contributed by atoms with E-state index < -0.39 is 0 Å². The average Bonchev–Trinajstić information content (AvgIpc) is 2.98. The van der Waals surface area contributed by atoms with E-state index >= 15 is 0 Å². The number of anilines is 1. The van der Waals surface area contributed by atoms with Crippen molar-refractivity contribution in [1.82, 2.24) is 15.1 Å². The van der Waals surface area contributed by atoms with Gasteiger partial charge in [-0.3, -0.25) is 4.68 Å². The van der Waals surface area contributed by atoms with Gasteiger partial charge < -0.3 is 15.0 Å². The summed E-state index contributed by atoms with van der Waals surface area (Å²) < 4.78 is 7.49. The summed E-state index contributed by atoms with van der Waals surface area (Å²) in [7, 11) is 4.18. The molecule has 1 atom stereocenters. The lowest BCUT2D eigenvalue weighted by Crippen LogP contribution is -2.34. The van der Waals surface area contributed by atoms with Crippen molar-refractivity contribution in [1.29, 1.82) is 0 Å². The van der Waals surface area contributed by atoms with Crippen molar-refractivity contribution in [3.8, 4) is 0 Å². The molecule has 1 unspecified atom stereocenters. The Labute approximate surface area is 115 Å². The maximum absolute atomic E-state index is 5.50. The van der Waals surface area contributed by atoms with E-state index in [1.165, 1.54) is 11.4 Å². The number of hydrogen-bond acceptors (Lipinski definition) is 4. The molecule has 0 aliphatic carbocycles. The molecule has 0 aromatic carbocycles. The molecule has 1 aromatic heterocycles. The summed E-state index contributed by atoms with van der Waals surface area (Å²) in [6.07, 6.45) is 2.25.